The van der Waals surface area contributed by atoms with Gasteiger partial charge in [0.05, 0.1) is 12.3 Å². The molecule has 0 spiro atoms. The van der Waals surface area contributed by atoms with Crippen molar-refractivity contribution >= 4 is 15.7 Å². The quantitative estimate of drug-likeness (QED) is 0.734. The minimum Gasteiger partial charge on any atom is -0.395 e. The highest BCUT2D eigenvalue weighted by Crippen LogP contribution is 2.27. The fourth-order valence-corrected chi connectivity index (χ4v) is 4.38. The molecule has 6 heteroatoms. The van der Waals surface area contributed by atoms with E-state index < -0.39 is 10.0 Å². The van der Waals surface area contributed by atoms with E-state index in [0.29, 0.717) is 12.2 Å². The van der Waals surface area contributed by atoms with Crippen molar-refractivity contribution in [3.05, 3.63) is 24.3 Å². The molecule has 5 nitrogen and oxygen atoms in total. The van der Waals surface area contributed by atoms with E-state index in [0.717, 1.165) is 12.8 Å². The Bertz CT molecular complexity index is 527. The molecule has 0 fully saturated rings. The SMILES string of the molecule is CCNc1ccccc1S(=O)(=O)N(CCO)C(CC)CC. The van der Waals surface area contributed by atoms with E-state index in [1.165, 1.54) is 4.31 Å². The number of rotatable bonds is 9. The summed E-state index contributed by atoms with van der Waals surface area (Å²) in [5.74, 6) is 0. The molecule has 0 saturated carbocycles. The minimum atomic E-state index is -3.63. The van der Waals surface area contributed by atoms with Crippen molar-refractivity contribution in [2.45, 2.75) is 44.6 Å². The van der Waals surface area contributed by atoms with E-state index in [-0.39, 0.29) is 24.1 Å². The summed E-state index contributed by atoms with van der Waals surface area (Å²) in [7, 11) is -3.63. The molecule has 0 saturated heterocycles. The van der Waals surface area contributed by atoms with Crippen molar-refractivity contribution < 1.29 is 13.5 Å². The fraction of sp³-hybridized carbons (Fsp3) is 0.600. The molecule has 0 aliphatic heterocycles. The van der Waals surface area contributed by atoms with Gasteiger partial charge >= 0.3 is 0 Å². The topological polar surface area (TPSA) is 69.6 Å². The third kappa shape index (κ3) is 4.18. The number of nitrogens with zero attached hydrogens (tertiary/aromatic N) is 1. The lowest BCUT2D eigenvalue weighted by Gasteiger charge is -2.29. The molecule has 120 valence electrons. The van der Waals surface area contributed by atoms with Crippen LogP contribution in [0.2, 0.25) is 0 Å². The summed E-state index contributed by atoms with van der Waals surface area (Å²) in [6.07, 6.45) is 1.44. The summed E-state index contributed by atoms with van der Waals surface area (Å²) in [5, 5.41) is 12.3. The predicted octanol–water partition coefficient (Wildman–Crippen LogP) is 2.29. The first-order chi connectivity index (χ1) is 10.0. The van der Waals surface area contributed by atoms with Crippen LogP contribution in [0.4, 0.5) is 5.69 Å². The van der Waals surface area contributed by atoms with Gasteiger partial charge in [0.1, 0.15) is 4.90 Å². The van der Waals surface area contributed by atoms with Gasteiger partial charge in [0.15, 0.2) is 0 Å². The molecule has 1 aromatic carbocycles. The normalized spacial score (nSPS) is 12.1. The van der Waals surface area contributed by atoms with Crippen molar-refractivity contribution in [1.29, 1.82) is 0 Å². The highest BCUT2D eigenvalue weighted by molar-refractivity contribution is 7.89. The summed E-state index contributed by atoms with van der Waals surface area (Å²) >= 11 is 0. The van der Waals surface area contributed by atoms with Gasteiger partial charge in [-0.2, -0.15) is 4.31 Å². The maximum absolute atomic E-state index is 13.0. The Kier molecular flexibility index (Phi) is 7.14. The van der Waals surface area contributed by atoms with Gasteiger partial charge in [0.2, 0.25) is 10.0 Å². The van der Waals surface area contributed by atoms with Gasteiger partial charge in [-0.1, -0.05) is 26.0 Å². The van der Waals surface area contributed by atoms with Gasteiger partial charge in [0, 0.05) is 19.1 Å². The van der Waals surface area contributed by atoms with E-state index in [2.05, 4.69) is 5.32 Å². The molecule has 0 aliphatic rings. The lowest BCUT2D eigenvalue weighted by atomic mass is 10.2. The lowest BCUT2D eigenvalue weighted by molar-refractivity contribution is 0.219. The van der Waals surface area contributed by atoms with Crippen LogP contribution in [0.25, 0.3) is 0 Å². The second-order valence-electron chi connectivity index (χ2n) is 4.84. The number of aliphatic hydroxyl groups is 1. The Balaban J connectivity index is 3.28. The van der Waals surface area contributed by atoms with Gasteiger partial charge < -0.3 is 10.4 Å². The molecular weight excluding hydrogens is 288 g/mol. The molecule has 0 aromatic heterocycles. The standard InChI is InChI=1S/C15H26N2O3S/c1-4-13(5-2)17(11-12-18)21(19,20)15-10-8-7-9-14(15)16-6-3/h7-10,13,16,18H,4-6,11-12H2,1-3H3. The fourth-order valence-electron chi connectivity index (χ4n) is 2.45. The van der Waals surface area contributed by atoms with Gasteiger partial charge in [-0.25, -0.2) is 8.42 Å². The first-order valence-electron chi connectivity index (χ1n) is 7.48. The molecule has 0 heterocycles. The number of aliphatic hydroxyl groups excluding tert-OH is 1. The van der Waals surface area contributed by atoms with Crippen LogP contribution in [0.1, 0.15) is 33.6 Å². The van der Waals surface area contributed by atoms with Gasteiger partial charge in [-0.3, -0.25) is 0 Å². The maximum atomic E-state index is 13.0. The summed E-state index contributed by atoms with van der Waals surface area (Å²) < 4.78 is 27.3. The highest BCUT2D eigenvalue weighted by atomic mass is 32.2. The maximum Gasteiger partial charge on any atom is 0.245 e. The van der Waals surface area contributed by atoms with Crippen LogP contribution in [-0.4, -0.2) is 43.6 Å². The predicted molar refractivity (Wildman–Crippen MR) is 86.0 cm³/mol. The Morgan fingerprint density at radius 3 is 2.33 bits per heavy atom. The smallest absolute Gasteiger partial charge is 0.245 e. The van der Waals surface area contributed by atoms with Crippen LogP contribution in [0, 0.1) is 0 Å². The van der Waals surface area contributed by atoms with Crippen LogP contribution in [0.15, 0.2) is 29.2 Å². The minimum absolute atomic E-state index is 0.100. The van der Waals surface area contributed by atoms with Crippen molar-refractivity contribution in [3.8, 4) is 0 Å². The number of benzene rings is 1. The zero-order valence-corrected chi connectivity index (χ0v) is 13.9. The summed E-state index contributed by atoms with van der Waals surface area (Å²) in [5.41, 5.74) is 0.605. The number of hydrogen-bond acceptors (Lipinski definition) is 4. The average Bonchev–Trinajstić information content (AvgIpc) is 2.48. The molecule has 1 rings (SSSR count). The molecule has 0 amide bonds. The average molecular weight is 314 g/mol. The Morgan fingerprint density at radius 1 is 1.19 bits per heavy atom. The van der Waals surface area contributed by atoms with Crippen LogP contribution in [0.5, 0.6) is 0 Å². The molecule has 0 unspecified atom stereocenters. The van der Waals surface area contributed by atoms with Gasteiger partial charge in [-0.15, -0.1) is 0 Å². The molecule has 2 N–H and O–H groups in total. The summed E-state index contributed by atoms with van der Waals surface area (Å²) in [6, 6.07) is 6.81. The zero-order chi connectivity index (χ0) is 15.9. The number of hydrogen-bond donors (Lipinski definition) is 2. The Labute approximate surface area is 128 Å². The van der Waals surface area contributed by atoms with Crippen LogP contribution in [-0.2, 0) is 10.0 Å². The number of para-hydroxylation sites is 1. The lowest BCUT2D eigenvalue weighted by Crippen LogP contribution is -2.41. The van der Waals surface area contributed by atoms with E-state index >= 15 is 0 Å². The largest absolute Gasteiger partial charge is 0.395 e. The van der Waals surface area contributed by atoms with Gasteiger partial charge in [0.25, 0.3) is 0 Å². The highest BCUT2D eigenvalue weighted by Gasteiger charge is 2.30. The Morgan fingerprint density at radius 2 is 1.81 bits per heavy atom. The first-order valence-corrected chi connectivity index (χ1v) is 8.92. The van der Waals surface area contributed by atoms with E-state index in [4.69, 9.17) is 0 Å². The third-order valence-corrected chi connectivity index (χ3v) is 5.52. The van der Waals surface area contributed by atoms with E-state index in [1.807, 2.05) is 26.8 Å². The van der Waals surface area contributed by atoms with E-state index in [1.54, 1.807) is 18.2 Å². The van der Waals surface area contributed by atoms with Crippen molar-refractivity contribution in [2.24, 2.45) is 0 Å². The zero-order valence-electron chi connectivity index (χ0n) is 13.0. The molecule has 21 heavy (non-hydrogen) atoms. The first kappa shape index (κ1) is 17.9. The number of anilines is 1. The molecular formula is C15H26N2O3S. The molecule has 0 radical (unpaired) electrons. The molecule has 0 bridgehead atoms. The number of sulfonamides is 1. The second kappa shape index (κ2) is 8.36. The summed E-state index contributed by atoms with van der Waals surface area (Å²) in [6.45, 7) is 6.44. The summed E-state index contributed by atoms with van der Waals surface area (Å²) in [4.78, 5) is 0.271. The van der Waals surface area contributed by atoms with Crippen molar-refractivity contribution in [1.82, 2.24) is 4.31 Å². The molecule has 0 aliphatic carbocycles. The Hall–Kier alpha value is -1.11. The van der Waals surface area contributed by atoms with Crippen molar-refractivity contribution in [3.63, 3.8) is 0 Å². The molecule has 0 atom stereocenters. The van der Waals surface area contributed by atoms with Crippen LogP contribution in [0.3, 0.4) is 0 Å². The van der Waals surface area contributed by atoms with Gasteiger partial charge in [-0.05, 0) is 31.9 Å². The monoisotopic (exact) mass is 314 g/mol. The third-order valence-electron chi connectivity index (χ3n) is 3.51. The molecule has 1 aromatic rings. The number of nitrogens with one attached hydrogen (secondary N) is 1. The second-order valence-corrected chi connectivity index (χ2v) is 6.70. The van der Waals surface area contributed by atoms with E-state index in [9.17, 15) is 13.5 Å². The van der Waals surface area contributed by atoms with Crippen LogP contribution >= 0.6 is 0 Å². The van der Waals surface area contributed by atoms with Crippen molar-refractivity contribution in [2.75, 3.05) is 25.0 Å². The van der Waals surface area contributed by atoms with Crippen LogP contribution < -0.4 is 5.32 Å².